The minimum Gasteiger partial charge on any atom is -0.367 e. The Hall–Kier alpha value is -3.20. The number of nitrogens with one attached hydrogen (secondary N) is 2. The Morgan fingerprint density at radius 3 is 2.38 bits per heavy atom. The van der Waals surface area contributed by atoms with E-state index in [-0.39, 0.29) is 11.7 Å². The van der Waals surface area contributed by atoms with E-state index in [0.29, 0.717) is 37.7 Å². The van der Waals surface area contributed by atoms with Crippen LogP contribution in [0.4, 0.5) is 15.8 Å². The van der Waals surface area contributed by atoms with Crippen molar-refractivity contribution in [2.24, 2.45) is 0 Å². The molecule has 1 aromatic heterocycles. The van der Waals surface area contributed by atoms with Crippen molar-refractivity contribution in [1.82, 2.24) is 9.88 Å². The van der Waals surface area contributed by atoms with Gasteiger partial charge in [-0.1, -0.05) is 76.9 Å². The summed E-state index contributed by atoms with van der Waals surface area (Å²) in [4.78, 5) is 22.4. The van der Waals surface area contributed by atoms with E-state index < -0.39 is 0 Å². The Morgan fingerprint density at radius 1 is 0.857 bits per heavy atom. The molecule has 1 aliphatic heterocycles. The van der Waals surface area contributed by atoms with Gasteiger partial charge in [-0.2, -0.15) is 0 Å². The zero-order valence-corrected chi connectivity index (χ0v) is 25.4. The third kappa shape index (κ3) is 6.56. The number of benzene rings is 4. The molecular formula is C32H26Cl3FN4OS. The summed E-state index contributed by atoms with van der Waals surface area (Å²) in [6.45, 7) is 4.05. The Kier molecular flexibility index (Phi) is 8.65. The van der Waals surface area contributed by atoms with Crippen LogP contribution in [-0.4, -0.2) is 42.0 Å². The molecule has 1 amide bonds. The molecule has 42 heavy (non-hydrogen) atoms. The van der Waals surface area contributed by atoms with E-state index >= 15 is 4.39 Å². The molecule has 0 saturated carbocycles. The minimum atomic E-state index is -0.385. The number of aromatic amines is 1. The van der Waals surface area contributed by atoms with E-state index in [2.05, 4.69) is 32.2 Å². The van der Waals surface area contributed by atoms with E-state index in [1.807, 2.05) is 30.3 Å². The topological polar surface area (TPSA) is 51.4 Å². The van der Waals surface area contributed by atoms with Gasteiger partial charge in [0, 0.05) is 69.2 Å². The highest BCUT2D eigenvalue weighted by Gasteiger charge is 2.21. The van der Waals surface area contributed by atoms with Crippen LogP contribution in [0, 0.1) is 5.82 Å². The molecule has 0 unspecified atom stereocenters. The van der Waals surface area contributed by atoms with Crippen LogP contribution in [0.5, 0.6) is 0 Å². The van der Waals surface area contributed by atoms with Crippen LogP contribution in [0.25, 0.3) is 10.9 Å². The van der Waals surface area contributed by atoms with Gasteiger partial charge in [-0.25, -0.2) is 4.39 Å². The maximum absolute atomic E-state index is 15.2. The number of H-pyrrole nitrogens is 1. The van der Waals surface area contributed by atoms with Gasteiger partial charge in [-0.15, -0.1) is 0 Å². The number of amides is 1. The SMILES string of the molecule is O=C(Nc1ccc(N2CCN(Cc3ccccc3)CC2)c(F)c1)c1cc2c(Sc3ccc(Cl)cc3Cl)cc(Cl)cc2[nH]1. The molecule has 5 nitrogen and oxygen atoms in total. The second-order valence-corrected chi connectivity index (χ2v) is 12.5. The molecule has 1 fully saturated rings. The lowest BCUT2D eigenvalue weighted by molar-refractivity contribution is 0.102. The van der Waals surface area contributed by atoms with Gasteiger partial charge in [-0.3, -0.25) is 9.69 Å². The fourth-order valence-corrected chi connectivity index (χ4v) is 6.88. The van der Waals surface area contributed by atoms with Crippen LogP contribution in [0.3, 0.4) is 0 Å². The largest absolute Gasteiger partial charge is 0.367 e. The average molecular weight is 640 g/mol. The van der Waals surface area contributed by atoms with Crippen molar-refractivity contribution in [2.75, 3.05) is 36.4 Å². The molecule has 0 aliphatic carbocycles. The van der Waals surface area contributed by atoms with E-state index in [1.54, 1.807) is 36.4 Å². The third-order valence-corrected chi connectivity index (χ3v) is 9.20. The van der Waals surface area contributed by atoms with Crippen molar-refractivity contribution in [3.8, 4) is 0 Å². The summed E-state index contributed by atoms with van der Waals surface area (Å²) >= 11 is 20.2. The average Bonchev–Trinajstić information content (AvgIpc) is 3.40. The van der Waals surface area contributed by atoms with E-state index in [0.717, 1.165) is 47.9 Å². The summed E-state index contributed by atoms with van der Waals surface area (Å²) in [6.07, 6.45) is 0. The van der Waals surface area contributed by atoms with Crippen LogP contribution >= 0.6 is 46.6 Å². The number of carbonyl (C=O) groups excluding carboxylic acids is 1. The number of halogens is 4. The zero-order valence-electron chi connectivity index (χ0n) is 22.3. The fourth-order valence-electron chi connectivity index (χ4n) is 5.08. The number of hydrogen-bond donors (Lipinski definition) is 2. The molecule has 5 aromatic rings. The minimum absolute atomic E-state index is 0.329. The second kappa shape index (κ2) is 12.6. The first-order valence-corrected chi connectivity index (χ1v) is 15.3. The molecule has 0 spiro atoms. The predicted octanol–water partition coefficient (Wildman–Crippen LogP) is 8.99. The van der Waals surface area contributed by atoms with E-state index in [1.165, 1.54) is 23.4 Å². The zero-order chi connectivity index (χ0) is 29.2. The monoisotopic (exact) mass is 638 g/mol. The standard InChI is InChI=1S/C32H26Cl3FN4OS/c33-21-6-9-30(25(35)14-21)42-31-16-22(34)15-27-24(31)18-28(38-27)32(41)37-23-7-8-29(26(36)17-23)40-12-10-39(11-13-40)19-20-4-2-1-3-5-20/h1-9,14-18,38H,10-13,19H2,(H,37,41). The first-order chi connectivity index (χ1) is 20.3. The normalized spacial score (nSPS) is 14.0. The summed E-state index contributed by atoms with van der Waals surface area (Å²) < 4.78 is 15.2. The highest BCUT2D eigenvalue weighted by Crippen LogP contribution is 2.40. The number of fused-ring (bicyclic) bond motifs is 1. The highest BCUT2D eigenvalue weighted by molar-refractivity contribution is 7.99. The van der Waals surface area contributed by atoms with Gasteiger partial charge in [-0.05, 0) is 60.2 Å². The maximum atomic E-state index is 15.2. The molecule has 214 valence electrons. The Balaban J connectivity index is 1.13. The molecule has 0 atom stereocenters. The van der Waals surface area contributed by atoms with Gasteiger partial charge in [0.25, 0.3) is 5.91 Å². The molecule has 1 aliphatic rings. The molecule has 6 rings (SSSR count). The fraction of sp³-hybridized carbons (Fsp3) is 0.156. The molecule has 4 aromatic carbocycles. The molecular weight excluding hydrogens is 614 g/mol. The number of carbonyl (C=O) groups is 1. The van der Waals surface area contributed by atoms with Crippen LogP contribution in [0.1, 0.15) is 16.1 Å². The number of piperazine rings is 1. The predicted molar refractivity (Wildman–Crippen MR) is 172 cm³/mol. The molecule has 2 N–H and O–H groups in total. The number of anilines is 2. The maximum Gasteiger partial charge on any atom is 0.272 e. The summed E-state index contributed by atoms with van der Waals surface area (Å²) in [5.74, 6) is -0.754. The van der Waals surface area contributed by atoms with E-state index in [4.69, 9.17) is 34.8 Å². The third-order valence-electron chi connectivity index (χ3n) is 7.19. The summed E-state index contributed by atoms with van der Waals surface area (Å²) in [5, 5.41) is 5.21. The van der Waals surface area contributed by atoms with Gasteiger partial charge in [0.05, 0.1) is 10.7 Å². The van der Waals surface area contributed by atoms with E-state index in [9.17, 15) is 4.79 Å². The summed E-state index contributed by atoms with van der Waals surface area (Å²) in [6, 6.07) is 25.8. The van der Waals surface area contributed by atoms with Gasteiger partial charge >= 0.3 is 0 Å². The van der Waals surface area contributed by atoms with Crippen molar-refractivity contribution >= 4 is 74.7 Å². The summed E-state index contributed by atoms with van der Waals surface area (Å²) in [5.41, 5.74) is 3.22. The van der Waals surface area contributed by atoms with Crippen LogP contribution < -0.4 is 10.2 Å². The highest BCUT2D eigenvalue weighted by atomic mass is 35.5. The smallest absolute Gasteiger partial charge is 0.272 e. The number of aromatic nitrogens is 1. The second-order valence-electron chi connectivity index (χ2n) is 10.1. The summed E-state index contributed by atoms with van der Waals surface area (Å²) in [7, 11) is 0. The Morgan fingerprint density at radius 2 is 1.64 bits per heavy atom. The lowest BCUT2D eigenvalue weighted by Crippen LogP contribution is -2.46. The van der Waals surface area contributed by atoms with Crippen molar-refractivity contribution in [3.63, 3.8) is 0 Å². The van der Waals surface area contributed by atoms with Crippen LogP contribution in [-0.2, 0) is 6.54 Å². The quantitative estimate of drug-likeness (QED) is 0.187. The lowest BCUT2D eigenvalue weighted by atomic mass is 10.2. The van der Waals surface area contributed by atoms with Gasteiger partial charge in [0.15, 0.2) is 0 Å². The first-order valence-electron chi connectivity index (χ1n) is 13.4. The van der Waals surface area contributed by atoms with Crippen LogP contribution in [0.2, 0.25) is 15.1 Å². The van der Waals surface area contributed by atoms with Gasteiger partial charge in [0.1, 0.15) is 11.5 Å². The molecule has 10 heteroatoms. The first kappa shape index (κ1) is 28.9. The molecule has 0 radical (unpaired) electrons. The Bertz CT molecular complexity index is 1760. The van der Waals surface area contributed by atoms with Crippen molar-refractivity contribution in [2.45, 2.75) is 16.3 Å². The lowest BCUT2D eigenvalue weighted by Gasteiger charge is -2.36. The number of rotatable bonds is 7. The van der Waals surface area contributed by atoms with Gasteiger partial charge in [0.2, 0.25) is 0 Å². The van der Waals surface area contributed by atoms with Crippen molar-refractivity contribution in [1.29, 1.82) is 0 Å². The Labute approximate surface area is 262 Å². The molecule has 0 bridgehead atoms. The molecule has 2 heterocycles. The van der Waals surface area contributed by atoms with Crippen LogP contribution in [0.15, 0.2) is 94.7 Å². The van der Waals surface area contributed by atoms with Crippen molar-refractivity contribution < 1.29 is 9.18 Å². The molecule has 1 saturated heterocycles. The van der Waals surface area contributed by atoms with Gasteiger partial charge < -0.3 is 15.2 Å². The number of nitrogens with zero attached hydrogens (tertiary/aromatic N) is 2. The number of hydrogen-bond acceptors (Lipinski definition) is 4. The van der Waals surface area contributed by atoms with Crippen molar-refractivity contribution in [3.05, 3.63) is 117 Å².